The second-order valence-electron chi connectivity index (χ2n) is 2.71. The monoisotopic (exact) mass is 210 g/mol. The van der Waals surface area contributed by atoms with E-state index in [4.69, 9.17) is 0 Å². The average Bonchev–Trinajstić information content (AvgIpc) is 2.85. The Labute approximate surface area is 84.9 Å². The predicted molar refractivity (Wildman–Crippen MR) is 54.1 cm³/mol. The molecule has 0 bridgehead atoms. The van der Waals surface area contributed by atoms with Gasteiger partial charge in [0.05, 0.1) is 6.20 Å². The number of hydrogen-bond acceptors (Lipinski definition) is 6. The Balaban J connectivity index is 2.10. The van der Waals surface area contributed by atoms with Crippen LogP contribution >= 0.6 is 11.5 Å². The summed E-state index contributed by atoms with van der Waals surface area (Å²) < 4.78 is 4.16. The van der Waals surface area contributed by atoms with E-state index >= 15 is 0 Å². The SMILES string of the molecule is CCCNc1nc(-c2cn[nH]n2)ns1. The number of aromatic amines is 1. The molecule has 0 aliphatic heterocycles. The highest BCUT2D eigenvalue weighted by molar-refractivity contribution is 7.09. The molecule has 2 aromatic rings. The van der Waals surface area contributed by atoms with Gasteiger partial charge in [0.15, 0.2) is 11.5 Å². The largest absolute Gasteiger partial charge is 0.360 e. The molecule has 2 N–H and O–H groups in total. The highest BCUT2D eigenvalue weighted by atomic mass is 32.1. The fraction of sp³-hybridized carbons (Fsp3) is 0.429. The van der Waals surface area contributed by atoms with E-state index in [2.05, 4.69) is 37.0 Å². The van der Waals surface area contributed by atoms with Crippen LogP contribution in [0.2, 0.25) is 0 Å². The smallest absolute Gasteiger partial charge is 0.202 e. The Bertz CT molecular complexity index is 381. The van der Waals surface area contributed by atoms with Crippen LogP contribution in [0.1, 0.15) is 13.3 Å². The summed E-state index contributed by atoms with van der Waals surface area (Å²) in [6.07, 6.45) is 2.67. The first-order chi connectivity index (χ1) is 6.90. The minimum atomic E-state index is 0.613. The first-order valence-corrected chi connectivity index (χ1v) is 5.11. The molecule has 7 heteroatoms. The van der Waals surface area contributed by atoms with Crippen molar-refractivity contribution in [3.8, 4) is 11.5 Å². The molecule has 0 atom stereocenters. The van der Waals surface area contributed by atoms with Gasteiger partial charge in [-0.2, -0.15) is 24.8 Å². The van der Waals surface area contributed by atoms with Gasteiger partial charge in [0.1, 0.15) is 0 Å². The zero-order valence-corrected chi connectivity index (χ0v) is 8.51. The van der Waals surface area contributed by atoms with Crippen LogP contribution < -0.4 is 5.32 Å². The van der Waals surface area contributed by atoms with Gasteiger partial charge < -0.3 is 5.32 Å². The van der Waals surface area contributed by atoms with Gasteiger partial charge in [-0.1, -0.05) is 6.92 Å². The molecule has 2 rings (SSSR count). The summed E-state index contributed by atoms with van der Waals surface area (Å²) in [5.41, 5.74) is 0.672. The maximum Gasteiger partial charge on any atom is 0.202 e. The highest BCUT2D eigenvalue weighted by Crippen LogP contribution is 2.17. The van der Waals surface area contributed by atoms with Gasteiger partial charge in [0.25, 0.3) is 0 Å². The van der Waals surface area contributed by atoms with E-state index in [1.807, 2.05) is 0 Å². The van der Waals surface area contributed by atoms with Gasteiger partial charge in [0, 0.05) is 18.1 Å². The molecular weight excluding hydrogens is 200 g/mol. The van der Waals surface area contributed by atoms with Crippen LogP contribution in [-0.2, 0) is 0 Å². The van der Waals surface area contributed by atoms with Gasteiger partial charge in [-0.15, -0.1) is 0 Å². The van der Waals surface area contributed by atoms with Crippen LogP contribution in [0.3, 0.4) is 0 Å². The van der Waals surface area contributed by atoms with Crippen molar-refractivity contribution in [3.05, 3.63) is 6.20 Å². The summed E-state index contributed by atoms with van der Waals surface area (Å²) >= 11 is 1.33. The third-order valence-corrected chi connectivity index (χ3v) is 2.27. The number of nitrogens with one attached hydrogen (secondary N) is 2. The van der Waals surface area contributed by atoms with E-state index in [0.717, 1.165) is 18.1 Å². The molecule has 0 radical (unpaired) electrons. The zero-order valence-electron chi connectivity index (χ0n) is 7.69. The summed E-state index contributed by atoms with van der Waals surface area (Å²) in [7, 11) is 0. The van der Waals surface area contributed by atoms with E-state index in [9.17, 15) is 0 Å². The number of H-pyrrole nitrogens is 1. The van der Waals surface area contributed by atoms with Crippen molar-refractivity contribution in [3.63, 3.8) is 0 Å². The summed E-state index contributed by atoms with van der Waals surface area (Å²) in [5.74, 6) is 0.613. The molecule has 0 unspecified atom stereocenters. The lowest BCUT2D eigenvalue weighted by atomic mass is 10.5. The number of hydrogen-bond donors (Lipinski definition) is 2. The summed E-state index contributed by atoms with van der Waals surface area (Å²) in [6.45, 7) is 3.01. The predicted octanol–water partition coefficient (Wildman–Crippen LogP) is 1.15. The third-order valence-electron chi connectivity index (χ3n) is 1.60. The van der Waals surface area contributed by atoms with Gasteiger partial charge in [0.2, 0.25) is 5.13 Å². The lowest BCUT2D eigenvalue weighted by molar-refractivity contribution is 0.939. The number of nitrogens with zero attached hydrogens (tertiary/aromatic N) is 4. The number of aromatic nitrogens is 5. The Kier molecular flexibility index (Phi) is 2.68. The highest BCUT2D eigenvalue weighted by Gasteiger charge is 2.07. The molecule has 0 amide bonds. The van der Waals surface area contributed by atoms with Crippen LogP contribution in [-0.4, -0.2) is 31.3 Å². The average molecular weight is 210 g/mol. The van der Waals surface area contributed by atoms with E-state index in [1.54, 1.807) is 6.20 Å². The molecule has 0 saturated heterocycles. The van der Waals surface area contributed by atoms with Crippen molar-refractivity contribution in [1.82, 2.24) is 24.8 Å². The normalized spacial score (nSPS) is 10.4. The molecular formula is C7H10N6S. The van der Waals surface area contributed by atoms with E-state index < -0.39 is 0 Å². The summed E-state index contributed by atoms with van der Waals surface area (Å²) in [6, 6.07) is 0. The molecule has 0 fully saturated rings. The van der Waals surface area contributed by atoms with Gasteiger partial charge >= 0.3 is 0 Å². The Hall–Kier alpha value is -1.50. The second-order valence-corrected chi connectivity index (χ2v) is 3.46. The molecule has 0 spiro atoms. The number of rotatable bonds is 4. The van der Waals surface area contributed by atoms with Crippen molar-refractivity contribution in [2.45, 2.75) is 13.3 Å². The second kappa shape index (κ2) is 4.14. The molecule has 0 aromatic carbocycles. The molecule has 14 heavy (non-hydrogen) atoms. The van der Waals surface area contributed by atoms with Crippen molar-refractivity contribution >= 4 is 16.7 Å². The fourth-order valence-electron chi connectivity index (χ4n) is 0.941. The molecule has 74 valence electrons. The van der Waals surface area contributed by atoms with Crippen molar-refractivity contribution in [2.24, 2.45) is 0 Å². The number of anilines is 1. The Morgan fingerprint density at radius 2 is 2.50 bits per heavy atom. The van der Waals surface area contributed by atoms with Gasteiger partial charge in [-0.25, -0.2) is 0 Å². The van der Waals surface area contributed by atoms with Crippen LogP contribution in [0.15, 0.2) is 6.20 Å². The first kappa shape index (κ1) is 9.07. The van der Waals surface area contributed by atoms with Gasteiger partial charge in [-0.3, -0.25) is 0 Å². The fourth-order valence-corrected chi connectivity index (χ4v) is 1.54. The minimum Gasteiger partial charge on any atom is -0.360 e. The Morgan fingerprint density at radius 3 is 3.21 bits per heavy atom. The van der Waals surface area contributed by atoms with E-state index in [1.165, 1.54) is 11.5 Å². The van der Waals surface area contributed by atoms with E-state index in [0.29, 0.717) is 11.5 Å². The van der Waals surface area contributed by atoms with Crippen molar-refractivity contribution in [2.75, 3.05) is 11.9 Å². The molecule has 2 aromatic heterocycles. The van der Waals surface area contributed by atoms with Crippen molar-refractivity contribution in [1.29, 1.82) is 0 Å². The molecule has 2 heterocycles. The van der Waals surface area contributed by atoms with E-state index in [-0.39, 0.29) is 0 Å². The minimum absolute atomic E-state index is 0.613. The van der Waals surface area contributed by atoms with Crippen LogP contribution in [0, 0.1) is 0 Å². The zero-order chi connectivity index (χ0) is 9.80. The van der Waals surface area contributed by atoms with Crippen LogP contribution in [0.4, 0.5) is 5.13 Å². The summed E-state index contributed by atoms with van der Waals surface area (Å²) in [4.78, 5) is 4.26. The first-order valence-electron chi connectivity index (χ1n) is 4.34. The van der Waals surface area contributed by atoms with Crippen LogP contribution in [0.5, 0.6) is 0 Å². The standard InChI is InChI=1S/C7H10N6S/c1-2-3-8-7-10-6(12-14-7)5-4-9-13-11-5/h4H,2-3H2,1H3,(H,8,10,12)(H,9,11,13). The molecule has 6 nitrogen and oxygen atoms in total. The Morgan fingerprint density at radius 1 is 1.57 bits per heavy atom. The lowest BCUT2D eigenvalue weighted by Gasteiger charge is -1.95. The maximum absolute atomic E-state index is 4.26. The summed E-state index contributed by atoms with van der Waals surface area (Å²) in [5, 5.41) is 14.1. The molecule has 0 aliphatic carbocycles. The van der Waals surface area contributed by atoms with Gasteiger partial charge in [-0.05, 0) is 6.42 Å². The molecule has 0 aliphatic rings. The quantitative estimate of drug-likeness (QED) is 0.791. The van der Waals surface area contributed by atoms with Crippen LogP contribution in [0.25, 0.3) is 11.5 Å². The molecule has 0 saturated carbocycles. The topological polar surface area (TPSA) is 79.4 Å². The third kappa shape index (κ3) is 1.87. The lowest BCUT2D eigenvalue weighted by Crippen LogP contribution is -1.98. The van der Waals surface area contributed by atoms with Crippen molar-refractivity contribution < 1.29 is 0 Å². The maximum atomic E-state index is 4.26.